The summed E-state index contributed by atoms with van der Waals surface area (Å²) in [5.41, 5.74) is -10.9. The van der Waals surface area contributed by atoms with Gasteiger partial charge in [-0.05, 0) is 36.8 Å². The minimum absolute atomic E-state index is 0.114. The van der Waals surface area contributed by atoms with Gasteiger partial charge in [0.2, 0.25) is 17.4 Å². The number of benzene rings is 2. The Kier molecular flexibility index (Phi) is 7.83. The van der Waals surface area contributed by atoms with Crippen molar-refractivity contribution in [2.75, 3.05) is 0 Å². The first kappa shape index (κ1) is 29.9. The summed E-state index contributed by atoms with van der Waals surface area (Å²) in [6, 6.07) is 2.26. The zero-order valence-electron chi connectivity index (χ0n) is 19.3. The van der Waals surface area contributed by atoms with Crippen LogP contribution in [0.25, 0.3) is 5.57 Å². The number of fused-ring (bicyclic) bond motifs is 1. The van der Waals surface area contributed by atoms with Crippen LogP contribution in [-0.2, 0) is 14.9 Å². The molecule has 0 amide bonds. The van der Waals surface area contributed by atoms with Crippen molar-refractivity contribution < 1.29 is 72.7 Å². The lowest BCUT2D eigenvalue weighted by molar-refractivity contribution is -0.106. The topological polar surface area (TPSA) is 144 Å². The number of carboxylic acid groups (broad SMARTS) is 2. The zero-order chi connectivity index (χ0) is 30.3. The van der Waals surface area contributed by atoms with E-state index >= 15 is 4.39 Å². The fourth-order valence-electron chi connectivity index (χ4n) is 3.45. The first-order valence-electron chi connectivity index (χ1n) is 10.2. The van der Waals surface area contributed by atoms with Crippen LogP contribution in [-0.4, -0.2) is 42.4 Å². The summed E-state index contributed by atoms with van der Waals surface area (Å²) in [6.07, 6.45) is -0.0836. The SMILES string of the molecule is C/C(F)=C\C1=C(c2ccc(C(=O)O)cc2C(=O)O)c2cc(F)c(OS(=O)(=O)C(F)(F)F)c(F)c2O/C1=C(\F)C=O. The van der Waals surface area contributed by atoms with Crippen molar-refractivity contribution in [3.63, 3.8) is 0 Å². The molecule has 1 aliphatic heterocycles. The van der Waals surface area contributed by atoms with Crippen molar-refractivity contribution in [3.8, 4) is 11.5 Å². The molecule has 17 heteroatoms. The van der Waals surface area contributed by atoms with Crippen LogP contribution in [0.15, 0.2) is 53.3 Å². The van der Waals surface area contributed by atoms with E-state index in [0.717, 1.165) is 19.1 Å². The number of rotatable bonds is 7. The lowest BCUT2D eigenvalue weighted by atomic mass is 9.85. The third-order valence-corrected chi connectivity index (χ3v) is 5.98. The molecule has 9 nitrogen and oxygen atoms in total. The fraction of sp³-hybridized carbons (Fsp3) is 0.0870. The third kappa shape index (κ3) is 5.40. The lowest BCUT2D eigenvalue weighted by Crippen LogP contribution is -2.29. The van der Waals surface area contributed by atoms with Gasteiger partial charge >= 0.3 is 27.6 Å². The molecular formula is C23H11F7O9S. The van der Waals surface area contributed by atoms with E-state index < -0.39 is 108 Å². The normalized spacial score (nSPS) is 15.2. The van der Waals surface area contributed by atoms with Crippen molar-refractivity contribution in [3.05, 3.63) is 87.2 Å². The zero-order valence-corrected chi connectivity index (χ0v) is 20.1. The Labute approximate surface area is 218 Å². The van der Waals surface area contributed by atoms with Crippen molar-refractivity contribution in [1.82, 2.24) is 0 Å². The molecule has 0 spiro atoms. The number of hydrogen-bond acceptors (Lipinski definition) is 7. The molecule has 0 bridgehead atoms. The number of carbonyl (C=O) groups excluding carboxylic acids is 1. The predicted molar refractivity (Wildman–Crippen MR) is 118 cm³/mol. The largest absolute Gasteiger partial charge is 0.534 e. The van der Waals surface area contributed by atoms with E-state index in [2.05, 4.69) is 4.18 Å². The monoisotopic (exact) mass is 596 g/mol. The summed E-state index contributed by atoms with van der Waals surface area (Å²) in [5, 5.41) is 18.9. The minimum Gasteiger partial charge on any atom is -0.478 e. The van der Waals surface area contributed by atoms with Crippen LogP contribution in [0, 0.1) is 11.6 Å². The van der Waals surface area contributed by atoms with Gasteiger partial charge in [0.25, 0.3) is 0 Å². The number of aldehydes is 1. The highest BCUT2D eigenvalue weighted by molar-refractivity contribution is 7.88. The second-order valence-electron chi connectivity index (χ2n) is 7.65. The van der Waals surface area contributed by atoms with E-state index in [-0.39, 0.29) is 6.07 Å². The maximum absolute atomic E-state index is 15.3. The van der Waals surface area contributed by atoms with Gasteiger partial charge in [-0.2, -0.15) is 30.4 Å². The summed E-state index contributed by atoms with van der Waals surface area (Å²) in [6.45, 7) is 0.780. The molecule has 0 saturated carbocycles. The maximum atomic E-state index is 15.3. The second-order valence-corrected chi connectivity index (χ2v) is 9.19. The van der Waals surface area contributed by atoms with E-state index in [1.54, 1.807) is 0 Å². The molecular weight excluding hydrogens is 585 g/mol. The van der Waals surface area contributed by atoms with Crippen LogP contribution in [0.3, 0.4) is 0 Å². The van der Waals surface area contributed by atoms with Gasteiger partial charge in [0, 0.05) is 16.7 Å². The average Bonchev–Trinajstić information content (AvgIpc) is 2.84. The van der Waals surface area contributed by atoms with Gasteiger partial charge in [0.15, 0.2) is 23.6 Å². The molecule has 0 aromatic heterocycles. The first-order valence-corrected chi connectivity index (χ1v) is 11.6. The molecule has 1 aliphatic rings. The third-order valence-electron chi connectivity index (χ3n) is 5.03. The Morgan fingerprint density at radius 3 is 2.15 bits per heavy atom. The number of alkyl halides is 3. The van der Waals surface area contributed by atoms with E-state index in [9.17, 15) is 59.4 Å². The Balaban J connectivity index is 2.55. The highest BCUT2D eigenvalue weighted by Gasteiger charge is 2.50. The van der Waals surface area contributed by atoms with Gasteiger partial charge in [-0.1, -0.05) is 6.07 Å². The number of aromatic carboxylic acids is 2. The molecule has 40 heavy (non-hydrogen) atoms. The smallest absolute Gasteiger partial charge is 0.478 e. The molecule has 0 atom stereocenters. The van der Waals surface area contributed by atoms with Crippen LogP contribution >= 0.6 is 0 Å². The van der Waals surface area contributed by atoms with Crippen LogP contribution in [0.2, 0.25) is 0 Å². The standard InChI is InChI=1S/C23H11F7O9S/c1-8(24)4-12-16(10-3-2-9(21(32)33)5-11(10)22(34)35)13-6-14(25)20(39-40(36,37)23(28,29)30)17(27)19(13)38-18(12)15(26)7-31/h2-7H,1H3,(H,32,33)(H,34,35)/b8-4+,18-15-. The molecule has 2 N–H and O–H groups in total. The van der Waals surface area contributed by atoms with Crippen molar-refractivity contribution in [2.45, 2.75) is 12.4 Å². The molecule has 0 radical (unpaired) electrons. The first-order chi connectivity index (χ1) is 18.4. The highest BCUT2D eigenvalue weighted by Crippen LogP contribution is 2.48. The molecule has 0 fully saturated rings. The van der Waals surface area contributed by atoms with E-state index in [4.69, 9.17) is 4.74 Å². The molecule has 212 valence electrons. The number of carboxylic acids is 2. The fourth-order valence-corrected chi connectivity index (χ4v) is 3.92. The van der Waals surface area contributed by atoms with Gasteiger partial charge in [-0.25, -0.2) is 18.4 Å². The summed E-state index contributed by atoms with van der Waals surface area (Å²) in [5.74, 6) is -15.9. The summed E-state index contributed by atoms with van der Waals surface area (Å²) >= 11 is 0. The average molecular weight is 596 g/mol. The molecule has 1 heterocycles. The molecule has 2 aromatic carbocycles. The van der Waals surface area contributed by atoms with Crippen LogP contribution in [0.1, 0.15) is 38.8 Å². The number of halogens is 7. The summed E-state index contributed by atoms with van der Waals surface area (Å²) in [4.78, 5) is 34.5. The predicted octanol–water partition coefficient (Wildman–Crippen LogP) is 5.04. The van der Waals surface area contributed by atoms with Gasteiger partial charge in [0.05, 0.1) is 17.0 Å². The van der Waals surface area contributed by atoms with Crippen molar-refractivity contribution >= 4 is 33.9 Å². The molecule has 0 aliphatic carbocycles. The van der Waals surface area contributed by atoms with Gasteiger partial charge in [-0.3, -0.25) is 4.79 Å². The van der Waals surface area contributed by atoms with E-state index in [0.29, 0.717) is 12.1 Å². The van der Waals surface area contributed by atoms with Crippen LogP contribution < -0.4 is 8.92 Å². The minimum atomic E-state index is -6.66. The summed E-state index contributed by atoms with van der Waals surface area (Å²) < 4.78 is 128. The highest BCUT2D eigenvalue weighted by atomic mass is 32.2. The number of ether oxygens (including phenoxy) is 1. The summed E-state index contributed by atoms with van der Waals surface area (Å²) in [7, 11) is -6.66. The number of allylic oxidation sites excluding steroid dienone is 3. The van der Waals surface area contributed by atoms with Crippen molar-refractivity contribution in [1.29, 1.82) is 0 Å². The molecule has 0 saturated heterocycles. The van der Waals surface area contributed by atoms with E-state index in [1.165, 1.54) is 0 Å². The Bertz CT molecular complexity index is 1670. The number of hydrogen-bond donors (Lipinski definition) is 2. The van der Waals surface area contributed by atoms with Gasteiger partial charge < -0.3 is 19.1 Å². The Hall–Kier alpha value is -4.67. The number of carbonyl (C=O) groups is 3. The Morgan fingerprint density at radius 2 is 1.65 bits per heavy atom. The second kappa shape index (κ2) is 10.5. The van der Waals surface area contributed by atoms with Crippen LogP contribution in [0.4, 0.5) is 30.7 Å². The molecule has 0 unspecified atom stereocenters. The molecule has 2 aromatic rings. The van der Waals surface area contributed by atoms with E-state index in [1.807, 2.05) is 0 Å². The quantitative estimate of drug-likeness (QED) is 0.148. The molecule has 3 rings (SSSR count). The van der Waals surface area contributed by atoms with Crippen LogP contribution in [0.5, 0.6) is 11.5 Å². The van der Waals surface area contributed by atoms with Gasteiger partial charge in [-0.15, -0.1) is 0 Å². The maximum Gasteiger partial charge on any atom is 0.534 e. The lowest BCUT2D eigenvalue weighted by Gasteiger charge is -2.27. The Morgan fingerprint density at radius 1 is 1.02 bits per heavy atom. The van der Waals surface area contributed by atoms with Gasteiger partial charge in [0.1, 0.15) is 0 Å². The van der Waals surface area contributed by atoms with Crippen molar-refractivity contribution in [2.24, 2.45) is 0 Å².